The van der Waals surface area contributed by atoms with Crippen molar-refractivity contribution in [2.45, 2.75) is 19.4 Å². The van der Waals surface area contributed by atoms with Crippen LogP contribution in [0.3, 0.4) is 0 Å². The highest BCUT2D eigenvalue weighted by molar-refractivity contribution is 7.41. The van der Waals surface area contributed by atoms with Crippen LogP contribution in [0.5, 0.6) is 0 Å². The predicted molar refractivity (Wildman–Crippen MR) is 40.5 cm³/mol. The Hall–Kier alpha value is 0.0400. The molecule has 0 aliphatic carbocycles. The summed E-state index contributed by atoms with van der Waals surface area (Å²) in [6.45, 7) is 2.78. The molecule has 6 nitrogen and oxygen atoms in total. The monoisotopic (exact) mass is 216 g/mol. The van der Waals surface area contributed by atoms with Crippen molar-refractivity contribution in [2.75, 3.05) is 0 Å². The lowest BCUT2D eigenvalue weighted by atomic mass is 10.2. The summed E-state index contributed by atoms with van der Waals surface area (Å²) in [5.74, 6) is -0.753. The Labute approximate surface area is 71.0 Å². The minimum absolute atomic E-state index is 0.753. The van der Waals surface area contributed by atoms with Crippen LogP contribution in [0.25, 0.3) is 0 Å². The van der Waals surface area contributed by atoms with E-state index in [0.29, 0.717) is 0 Å². The molecule has 0 aromatic heterocycles. The van der Waals surface area contributed by atoms with Gasteiger partial charge in [0.15, 0.2) is 0 Å². The Morgan fingerprint density at radius 2 is 1.75 bits per heavy atom. The largest absolute Gasteiger partial charge is 0.702 e. The van der Waals surface area contributed by atoms with E-state index in [1.807, 2.05) is 0 Å². The highest BCUT2D eigenvalue weighted by Crippen LogP contribution is 2.45. The van der Waals surface area contributed by atoms with E-state index >= 15 is 0 Å². The molecule has 3 N–H and O–H groups in total. The second-order valence-electron chi connectivity index (χ2n) is 2.42. The van der Waals surface area contributed by atoms with Gasteiger partial charge in [0, 0.05) is 4.57 Å². The molecule has 0 spiro atoms. The molecular weight excluding hydrogens is 206 g/mol. The molecule has 12 heavy (non-hydrogen) atoms. The van der Waals surface area contributed by atoms with E-state index in [2.05, 4.69) is 4.52 Å². The molecule has 0 aromatic rings. The molecule has 0 aliphatic rings. The molecule has 0 fully saturated rings. The Kier molecular flexibility index (Phi) is 4.34. The summed E-state index contributed by atoms with van der Waals surface area (Å²) in [5.41, 5.74) is -2.45. The molecule has 3 atom stereocenters. The van der Waals surface area contributed by atoms with Gasteiger partial charge in [0.2, 0.25) is 0 Å². The van der Waals surface area contributed by atoms with Crippen LogP contribution >= 0.6 is 16.3 Å². The standard InChI is InChI=1S/C4H8O6P2/c1-3(2)4(5,11(6)7)10-12(8)9/h3,5H,1-2H3/p+2. The van der Waals surface area contributed by atoms with E-state index in [1.54, 1.807) is 0 Å². The fourth-order valence-corrected chi connectivity index (χ4v) is 1.85. The van der Waals surface area contributed by atoms with Gasteiger partial charge < -0.3 is 5.11 Å². The predicted octanol–water partition coefficient (Wildman–Crippen LogP) is 0.689. The third-order valence-electron chi connectivity index (χ3n) is 1.24. The van der Waals surface area contributed by atoms with Crippen LogP contribution in [-0.2, 0) is 13.7 Å². The Bertz CT molecular complexity index is 204. The minimum atomic E-state index is -3.10. The Morgan fingerprint density at radius 1 is 1.33 bits per heavy atom. The normalized spacial score (nSPS) is 18.8. The zero-order valence-corrected chi connectivity index (χ0v) is 8.33. The Morgan fingerprint density at radius 3 is 1.83 bits per heavy atom. The van der Waals surface area contributed by atoms with Crippen LogP contribution in [-0.4, -0.2) is 20.4 Å². The topological polar surface area (TPSA) is 104 Å². The van der Waals surface area contributed by atoms with Crippen LogP contribution < -0.4 is 0 Å². The first-order valence-electron chi connectivity index (χ1n) is 3.04. The van der Waals surface area contributed by atoms with E-state index in [4.69, 9.17) is 9.79 Å². The summed E-state index contributed by atoms with van der Waals surface area (Å²) >= 11 is 0. The number of hydrogen-bond donors (Lipinski definition) is 3. The van der Waals surface area contributed by atoms with Crippen molar-refractivity contribution in [3.8, 4) is 0 Å². The van der Waals surface area contributed by atoms with Gasteiger partial charge in [-0.3, -0.25) is 0 Å². The second kappa shape index (κ2) is 4.33. The number of rotatable bonds is 4. The molecule has 0 saturated heterocycles. The zero-order valence-electron chi connectivity index (χ0n) is 6.54. The molecule has 0 aromatic carbocycles. The highest BCUT2D eigenvalue weighted by Gasteiger charge is 2.59. The summed E-state index contributed by atoms with van der Waals surface area (Å²) in [7, 11) is -6.18. The second-order valence-corrected chi connectivity index (χ2v) is 4.26. The molecular formula is C4H10O6P2+2. The maximum Gasteiger partial charge on any atom is 0.702 e. The first-order valence-corrected chi connectivity index (χ1v) is 5.39. The van der Waals surface area contributed by atoms with Gasteiger partial charge in [-0.25, -0.2) is 0 Å². The molecule has 70 valence electrons. The van der Waals surface area contributed by atoms with Gasteiger partial charge in [0.25, 0.3) is 0 Å². The highest BCUT2D eigenvalue weighted by atomic mass is 31.1. The summed E-state index contributed by atoms with van der Waals surface area (Å²) in [4.78, 5) is 16.9. The van der Waals surface area contributed by atoms with Gasteiger partial charge in [-0.1, -0.05) is 13.8 Å². The van der Waals surface area contributed by atoms with Crippen molar-refractivity contribution < 1.29 is 28.5 Å². The Balaban J connectivity index is 4.62. The lowest BCUT2D eigenvalue weighted by molar-refractivity contribution is -0.102. The zero-order chi connectivity index (χ0) is 9.94. The lowest BCUT2D eigenvalue weighted by Crippen LogP contribution is -2.31. The van der Waals surface area contributed by atoms with Crippen LogP contribution in [0.15, 0.2) is 0 Å². The van der Waals surface area contributed by atoms with Crippen molar-refractivity contribution in [1.29, 1.82) is 0 Å². The van der Waals surface area contributed by atoms with Crippen molar-refractivity contribution in [2.24, 2.45) is 5.92 Å². The molecule has 0 bridgehead atoms. The van der Waals surface area contributed by atoms with Gasteiger partial charge in [-0.15, -0.1) is 4.89 Å². The van der Waals surface area contributed by atoms with Crippen LogP contribution in [0.1, 0.15) is 13.8 Å². The molecule has 3 unspecified atom stereocenters. The molecule has 0 rings (SSSR count). The van der Waals surface area contributed by atoms with Crippen molar-refractivity contribution in [3.05, 3.63) is 0 Å². The van der Waals surface area contributed by atoms with Crippen molar-refractivity contribution in [3.63, 3.8) is 0 Å². The van der Waals surface area contributed by atoms with Crippen LogP contribution in [0.4, 0.5) is 0 Å². The number of hydrogen-bond acceptors (Lipinski definition) is 4. The van der Waals surface area contributed by atoms with Crippen molar-refractivity contribution in [1.82, 2.24) is 0 Å². The van der Waals surface area contributed by atoms with Gasteiger partial charge in [-0.05, 0) is 9.09 Å². The molecule has 8 heteroatoms. The summed E-state index contributed by atoms with van der Waals surface area (Å²) in [6, 6.07) is 0. The van der Waals surface area contributed by atoms with E-state index in [0.717, 1.165) is 0 Å². The smallest absolute Gasteiger partial charge is 0.321 e. The fraction of sp³-hybridized carbons (Fsp3) is 1.00. The summed E-state index contributed by atoms with van der Waals surface area (Å²) in [6.07, 6.45) is 0. The molecule has 0 saturated carbocycles. The lowest BCUT2D eigenvalue weighted by Gasteiger charge is -2.10. The molecule has 0 amide bonds. The number of aliphatic hydroxyl groups is 1. The third kappa shape index (κ3) is 2.83. The summed E-state index contributed by atoms with van der Waals surface area (Å²) in [5, 5.41) is 9.24. The van der Waals surface area contributed by atoms with E-state index < -0.39 is 27.7 Å². The van der Waals surface area contributed by atoms with Gasteiger partial charge >= 0.3 is 21.8 Å². The van der Waals surface area contributed by atoms with Crippen LogP contribution in [0, 0.1) is 5.92 Å². The average molecular weight is 216 g/mol. The SMILES string of the molecule is CC(C)C(O)(O[P+](=O)O)[P+](=O)O. The van der Waals surface area contributed by atoms with E-state index in [9.17, 15) is 14.2 Å². The maximum atomic E-state index is 10.5. The third-order valence-corrected chi connectivity index (χ3v) is 2.97. The van der Waals surface area contributed by atoms with E-state index in [-0.39, 0.29) is 0 Å². The van der Waals surface area contributed by atoms with Crippen LogP contribution in [0.2, 0.25) is 0 Å². The quantitative estimate of drug-likeness (QED) is 0.471. The van der Waals surface area contributed by atoms with Crippen molar-refractivity contribution >= 4 is 16.3 Å². The maximum absolute atomic E-state index is 10.5. The first kappa shape index (κ1) is 12.0. The molecule has 0 aliphatic heterocycles. The van der Waals surface area contributed by atoms with Gasteiger partial charge in [-0.2, -0.15) is 4.89 Å². The van der Waals surface area contributed by atoms with E-state index in [1.165, 1.54) is 13.8 Å². The minimum Gasteiger partial charge on any atom is -0.321 e. The molecule has 0 heterocycles. The van der Waals surface area contributed by atoms with Gasteiger partial charge in [0.1, 0.15) is 0 Å². The molecule has 0 radical (unpaired) electrons. The van der Waals surface area contributed by atoms with Gasteiger partial charge in [0.05, 0.1) is 5.92 Å². The summed E-state index contributed by atoms with van der Waals surface area (Å²) < 4.78 is 24.7. The first-order chi connectivity index (χ1) is 5.30. The fourth-order valence-electron chi connectivity index (χ4n) is 0.476. The average Bonchev–Trinajstić information content (AvgIpc) is 1.84.